The topological polar surface area (TPSA) is 68.0 Å². The molecule has 2 aromatic rings. The quantitative estimate of drug-likeness (QED) is 0.862. The van der Waals surface area contributed by atoms with E-state index < -0.39 is 0 Å². The predicted molar refractivity (Wildman–Crippen MR) is 71.1 cm³/mol. The van der Waals surface area contributed by atoms with Gasteiger partial charge in [-0.25, -0.2) is 0 Å². The Morgan fingerprint density at radius 1 is 1.39 bits per heavy atom. The van der Waals surface area contributed by atoms with Gasteiger partial charge in [-0.3, -0.25) is 9.78 Å². The number of hydrogen-bond acceptors (Lipinski definition) is 3. The molecule has 1 amide bonds. The second kappa shape index (κ2) is 4.07. The average Bonchev–Trinajstić information content (AvgIpc) is 3.19. The molecule has 1 heterocycles. The number of carbonyl (C=O) groups is 1. The van der Waals surface area contributed by atoms with Crippen LogP contribution in [-0.4, -0.2) is 17.4 Å². The maximum Gasteiger partial charge on any atom is 0.231 e. The highest BCUT2D eigenvalue weighted by atomic mass is 16.2. The lowest BCUT2D eigenvalue weighted by atomic mass is 10.1. The zero-order valence-electron chi connectivity index (χ0n) is 10.0. The van der Waals surface area contributed by atoms with Crippen LogP contribution >= 0.6 is 0 Å². The van der Waals surface area contributed by atoms with E-state index in [4.69, 9.17) is 5.73 Å². The molecule has 0 unspecified atom stereocenters. The van der Waals surface area contributed by atoms with Crippen LogP contribution in [0.15, 0.2) is 36.5 Å². The summed E-state index contributed by atoms with van der Waals surface area (Å²) in [5, 5.41) is 3.96. The number of aromatic nitrogens is 1. The SMILES string of the molecule is NCC1(C(=O)Nc2ccc3ncccc3c2)CC1. The van der Waals surface area contributed by atoms with Crippen molar-refractivity contribution in [2.45, 2.75) is 12.8 Å². The van der Waals surface area contributed by atoms with Crippen LogP contribution in [0.2, 0.25) is 0 Å². The number of rotatable bonds is 3. The maximum absolute atomic E-state index is 12.1. The summed E-state index contributed by atoms with van der Waals surface area (Å²) in [6.07, 6.45) is 3.54. The van der Waals surface area contributed by atoms with Crippen molar-refractivity contribution in [2.75, 3.05) is 11.9 Å². The monoisotopic (exact) mass is 241 g/mol. The Balaban J connectivity index is 1.85. The van der Waals surface area contributed by atoms with Crippen molar-refractivity contribution in [3.05, 3.63) is 36.5 Å². The highest BCUT2D eigenvalue weighted by Gasteiger charge is 2.48. The molecule has 0 spiro atoms. The summed E-state index contributed by atoms with van der Waals surface area (Å²) >= 11 is 0. The van der Waals surface area contributed by atoms with Crippen LogP contribution in [-0.2, 0) is 4.79 Å². The first-order valence-corrected chi connectivity index (χ1v) is 6.10. The lowest BCUT2D eigenvalue weighted by molar-refractivity contribution is -0.120. The smallest absolute Gasteiger partial charge is 0.231 e. The zero-order chi connectivity index (χ0) is 12.6. The van der Waals surface area contributed by atoms with Gasteiger partial charge in [0.1, 0.15) is 0 Å². The third-order valence-corrected chi connectivity index (χ3v) is 3.59. The molecule has 18 heavy (non-hydrogen) atoms. The Bertz CT molecular complexity index is 605. The van der Waals surface area contributed by atoms with Crippen molar-refractivity contribution >= 4 is 22.5 Å². The van der Waals surface area contributed by atoms with Gasteiger partial charge in [-0.2, -0.15) is 0 Å². The molecular formula is C14H15N3O. The number of pyridine rings is 1. The third kappa shape index (κ3) is 1.84. The molecule has 0 radical (unpaired) electrons. The van der Waals surface area contributed by atoms with Gasteiger partial charge in [0, 0.05) is 23.8 Å². The molecule has 1 aromatic heterocycles. The Labute approximate surface area is 105 Å². The summed E-state index contributed by atoms with van der Waals surface area (Å²) in [6, 6.07) is 9.59. The molecule has 4 heteroatoms. The van der Waals surface area contributed by atoms with Gasteiger partial charge in [0.2, 0.25) is 5.91 Å². The molecule has 1 aromatic carbocycles. The van der Waals surface area contributed by atoms with Crippen molar-refractivity contribution in [1.82, 2.24) is 4.98 Å². The van der Waals surface area contributed by atoms with E-state index in [0.717, 1.165) is 29.4 Å². The molecule has 1 saturated carbocycles. The fourth-order valence-electron chi connectivity index (χ4n) is 2.09. The van der Waals surface area contributed by atoms with Crippen LogP contribution in [0, 0.1) is 5.41 Å². The first-order chi connectivity index (χ1) is 8.73. The number of anilines is 1. The van der Waals surface area contributed by atoms with E-state index in [2.05, 4.69) is 10.3 Å². The summed E-state index contributed by atoms with van der Waals surface area (Å²) in [7, 11) is 0. The molecule has 4 nitrogen and oxygen atoms in total. The van der Waals surface area contributed by atoms with E-state index >= 15 is 0 Å². The van der Waals surface area contributed by atoms with Crippen LogP contribution in [0.1, 0.15) is 12.8 Å². The Morgan fingerprint density at radius 2 is 2.22 bits per heavy atom. The molecule has 0 bridgehead atoms. The minimum Gasteiger partial charge on any atom is -0.329 e. The van der Waals surface area contributed by atoms with E-state index in [1.54, 1.807) is 6.20 Å². The van der Waals surface area contributed by atoms with E-state index in [1.165, 1.54) is 0 Å². The normalized spacial score (nSPS) is 16.5. The van der Waals surface area contributed by atoms with Gasteiger partial charge in [-0.05, 0) is 37.1 Å². The summed E-state index contributed by atoms with van der Waals surface area (Å²) < 4.78 is 0. The fourth-order valence-corrected chi connectivity index (χ4v) is 2.09. The summed E-state index contributed by atoms with van der Waals surface area (Å²) in [6.45, 7) is 0.425. The van der Waals surface area contributed by atoms with Crippen LogP contribution in [0.3, 0.4) is 0 Å². The van der Waals surface area contributed by atoms with E-state index in [0.29, 0.717) is 6.54 Å². The van der Waals surface area contributed by atoms with Crippen LogP contribution in [0.25, 0.3) is 10.9 Å². The van der Waals surface area contributed by atoms with Gasteiger partial charge in [-0.1, -0.05) is 6.07 Å². The molecule has 1 aliphatic carbocycles. The molecule has 0 atom stereocenters. The molecule has 3 rings (SSSR count). The lowest BCUT2D eigenvalue weighted by Crippen LogP contribution is -2.30. The zero-order valence-corrected chi connectivity index (χ0v) is 10.0. The Kier molecular flexibility index (Phi) is 2.52. The van der Waals surface area contributed by atoms with Crippen molar-refractivity contribution in [3.63, 3.8) is 0 Å². The van der Waals surface area contributed by atoms with Gasteiger partial charge in [0.15, 0.2) is 0 Å². The molecule has 0 aliphatic heterocycles. The standard InChI is InChI=1S/C14H15N3O/c15-9-14(5-6-14)13(18)17-11-3-4-12-10(8-11)2-1-7-16-12/h1-4,7-8H,5-6,9,15H2,(H,17,18). The second-order valence-corrected chi connectivity index (χ2v) is 4.85. The molecule has 92 valence electrons. The number of fused-ring (bicyclic) bond motifs is 1. The Morgan fingerprint density at radius 3 is 2.94 bits per heavy atom. The van der Waals surface area contributed by atoms with Gasteiger partial charge in [0.05, 0.1) is 10.9 Å². The van der Waals surface area contributed by atoms with Gasteiger partial charge >= 0.3 is 0 Å². The van der Waals surface area contributed by atoms with E-state index in [9.17, 15) is 4.79 Å². The molecular weight excluding hydrogens is 226 g/mol. The molecule has 0 saturated heterocycles. The number of nitrogens with two attached hydrogens (primary N) is 1. The predicted octanol–water partition coefficient (Wildman–Crippen LogP) is 1.91. The van der Waals surface area contributed by atoms with Crippen LogP contribution in [0.5, 0.6) is 0 Å². The summed E-state index contributed by atoms with van der Waals surface area (Å²) in [5.41, 5.74) is 7.06. The van der Waals surface area contributed by atoms with Crippen molar-refractivity contribution in [3.8, 4) is 0 Å². The number of benzene rings is 1. The van der Waals surface area contributed by atoms with Crippen LogP contribution in [0.4, 0.5) is 5.69 Å². The first-order valence-electron chi connectivity index (χ1n) is 6.10. The average molecular weight is 241 g/mol. The van der Waals surface area contributed by atoms with Crippen molar-refractivity contribution in [2.24, 2.45) is 11.1 Å². The van der Waals surface area contributed by atoms with Crippen LogP contribution < -0.4 is 11.1 Å². The minimum absolute atomic E-state index is 0.0354. The number of carbonyl (C=O) groups excluding carboxylic acids is 1. The van der Waals surface area contributed by atoms with Gasteiger partial charge < -0.3 is 11.1 Å². The first kappa shape index (κ1) is 11.2. The number of hydrogen-bond donors (Lipinski definition) is 2. The Hall–Kier alpha value is -1.94. The fraction of sp³-hybridized carbons (Fsp3) is 0.286. The van der Waals surface area contributed by atoms with E-state index in [1.807, 2.05) is 30.3 Å². The number of nitrogens with one attached hydrogen (secondary N) is 1. The highest BCUT2D eigenvalue weighted by Crippen LogP contribution is 2.45. The summed E-state index contributed by atoms with van der Waals surface area (Å²) in [4.78, 5) is 16.3. The third-order valence-electron chi connectivity index (χ3n) is 3.59. The number of amides is 1. The molecule has 1 fully saturated rings. The van der Waals surface area contributed by atoms with Crippen molar-refractivity contribution in [1.29, 1.82) is 0 Å². The molecule has 1 aliphatic rings. The largest absolute Gasteiger partial charge is 0.329 e. The minimum atomic E-state index is -0.316. The second-order valence-electron chi connectivity index (χ2n) is 4.85. The summed E-state index contributed by atoms with van der Waals surface area (Å²) in [5.74, 6) is 0.0354. The van der Waals surface area contributed by atoms with E-state index in [-0.39, 0.29) is 11.3 Å². The maximum atomic E-state index is 12.1. The van der Waals surface area contributed by atoms with Gasteiger partial charge in [0.25, 0.3) is 0 Å². The van der Waals surface area contributed by atoms with Crippen molar-refractivity contribution < 1.29 is 4.79 Å². The lowest BCUT2D eigenvalue weighted by Gasteiger charge is -2.13. The number of nitrogens with zero attached hydrogens (tertiary/aromatic N) is 1. The highest BCUT2D eigenvalue weighted by molar-refractivity contribution is 5.98. The van der Waals surface area contributed by atoms with Gasteiger partial charge in [-0.15, -0.1) is 0 Å². The molecule has 3 N–H and O–H groups in total.